The maximum Gasteiger partial charge on any atom is 0.399 e. The molecule has 2 fully saturated rings. The molecule has 216 valence electrons. The van der Waals surface area contributed by atoms with Crippen LogP contribution in [0.25, 0.3) is 11.3 Å². The Balaban J connectivity index is 1.30. The standard InChI is InChI=1S/C30H28F4N2O5/c1-38-26-10-17(4-9-25(26)41-20-7-8-20)29(37)35-12-22(18-13-39-14-18)24-11-21-23(30(32,33)34)15-40-28(21)27(36-24)16-2-5-19(31)6-3-16/h2-6,9-11,18,20,22-23H,7-8,12-15H2,1H3,(H,35,37)/t22-,23+/m0/s1. The number of pyridine rings is 1. The molecule has 1 amide bonds. The minimum Gasteiger partial charge on any atom is -0.493 e. The van der Waals surface area contributed by atoms with Gasteiger partial charge in [-0.2, -0.15) is 13.2 Å². The summed E-state index contributed by atoms with van der Waals surface area (Å²) < 4.78 is 77.6. The van der Waals surface area contributed by atoms with Crippen LogP contribution in [0.1, 0.15) is 46.3 Å². The van der Waals surface area contributed by atoms with Gasteiger partial charge in [0.05, 0.1) is 26.4 Å². The van der Waals surface area contributed by atoms with E-state index in [0.717, 1.165) is 12.8 Å². The highest BCUT2D eigenvalue weighted by molar-refractivity contribution is 5.95. The summed E-state index contributed by atoms with van der Waals surface area (Å²) in [7, 11) is 1.50. The van der Waals surface area contributed by atoms with Gasteiger partial charge >= 0.3 is 6.18 Å². The van der Waals surface area contributed by atoms with Crippen LogP contribution in [0, 0.1) is 11.7 Å². The summed E-state index contributed by atoms with van der Waals surface area (Å²) in [5, 5.41) is 2.91. The van der Waals surface area contributed by atoms with Crippen LogP contribution in [0.5, 0.6) is 17.2 Å². The van der Waals surface area contributed by atoms with Crippen molar-refractivity contribution in [3.63, 3.8) is 0 Å². The molecule has 1 aliphatic carbocycles. The summed E-state index contributed by atoms with van der Waals surface area (Å²) in [5.41, 5.74) is 1.35. The lowest BCUT2D eigenvalue weighted by Gasteiger charge is -2.34. The van der Waals surface area contributed by atoms with Crippen LogP contribution in [0.4, 0.5) is 17.6 Å². The largest absolute Gasteiger partial charge is 0.493 e. The van der Waals surface area contributed by atoms with E-state index >= 15 is 0 Å². The Labute approximate surface area is 233 Å². The van der Waals surface area contributed by atoms with Gasteiger partial charge in [0.25, 0.3) is 5.91 Å². The fourth-order valence-corrected chi connectivity index (χ4v) is 5.08. The molecular weight excluding hydrogens is 544 g/mol. The summed E-state index contributed by atoms with van der Waals surface area (Å²) in [6, 6.07) is 11.7. The highest BCUT2D eigenvalue weighted by atomic mass is 19.4. The van der Waals surface area contributed by atoms with Gasteiger partial charge in [-0.05, 0) is 61.4 Å². The number of rotatable bonds is 9. The average molecular weight is 573 g/mol. The minimum atomic E-state index is -4.53. The van der Waals surface area contributed by atoms with Crippen LogP contribution in [-0.2, 0) is 4.74 Å². The number of halogens is 4. The van der Waals surface area contributed by atoms with E-state index < -0.39 is 30.4 Å². The molecule has 1 saturated heterocycles. The fourth-order valence-electron chi connectivity index (χ4n) is 5.08. The summed E-state index contributed by atoms with van der Waals surface area (Å²) in [4.78, 5) is 17.9. The second kappa shape index (κ2) is 10.8. The number of methoxy groups -OCH3 is 1. The van der Waals surface area contributed by atoms with E-state index in [1.54, 1.807) is 18.2 Å². The highest BCUT2D eigenvalue weighted by Crippen LogP contribution is 2.48. The molecule has 0 radical (unpaired) electrons. The Morgan fingerprint density at radius 2 is 1.83 bits per heavy atom. The van der Waals surface area contributed by atoms with Crippen LogP contribution in [0.2, 0.25) is 0 Å². The summed E-state index contributed by atoms with van der Waals surface area (Å²) in [6.07, 6.45) is -2.40. The van der Waals surface area contributed by atoms with E-state index in [4.69, 9.17) is 23.9 Å². The number of nitrogens with zero attached hydrogens (tertiary/aromatic N) is 1. The molecule has 3 heterocycles. The van der Waals surface area contributed by atoms with E-state index in [2.05, 4.69) is 5.32 Å². The van der Waals surface area contributed by atoms with Crippen molar-refractivity contribution in [2.24, 2.45) is 5.92 Å². The number of carbonyl (C=O) groups excluding carboxylic acids is 1. The number of fused-ring (bicyclic) bond motifs is 1. The third kappa shape index (κ3) is 5.68. The molecule has 0 unspecified atom stereocenters. The normalized spacial score (nSPS) is 19.1. The number of nitrogens with one attached hydrogen (secondary N) is 1. The maximum absolute atomic E-state index is 14.0. The molecule has 0 bridgehead atoms. The lowest BCUT2D eigenvalue weighted by atomic mass is 9.85. The zero-order chi connectivity index (χ0) is 28.7. The number of ether oxygens (including phenoxy) is 4. The van der Waals surface area contributed by atoms with Crippen molar-refractivity contribution in [3.05, 3.63) is 71.2 Å². The van der Waals surface area contributed by atoms with Gasteiger partial charge in [-0.3, -0.25) is 4.79 Å². The Hall–Kier alpha value is -3.86. The number of alkyl halides is 3. The van der Waals surface area contributed by atoms with Gasteiger partial charge in [-0.1, -0.05) is 0 Å². The van der Waals surface area contributed by atoms with Crippen LogP contribution < -0.4 is 19.5 Å². The van der Waals surface area contributed by atoms with Crippen molar-refractivity contribution in [1.29, 1.82) is 0 Å². The van der Waals surface area contributed by atoms with Crippen LogP contribution >= 0.6 is 0 Å². The molecule has 3 aliphatic rings. The first-order valence-corrected chi connectivity index (χ1v) is 13.4. The first-order chi connectivity index (χ1) is 19.7. The van der Waals surface area contributed by atoms with Gasteiger partial charge in [-0.25, -0.2) is 9.37 Å². The van der Waals surface area contributed by atoms with E-state index in [1.165, 1.54) is 37.4 Å². The Morgan fingerprint density at radius 1 is 1.07 bits per heavy atom. The second-order valence-corrected chi connectivity index (χ2v) is 10.5. The zero-order valence-corrected chi connectivity index (χ0v) is 22.2. The Kier molecular flexibility index (Phi) is 7.23. The molecule has 2 aromatic carbocycles. The second-order valence-electron chi connectivity index (χ2n) is 10.5. The number of carbonyl (C=O) groups is 1. The van der Waals surface area contributed by atoms with E-state index in [1.807, 2.05) is 0 Å². The van der Waals surface area contributed by atoms with Crippen molar-refractivity contribution in [1.82, 2.24) is 10.3 Å². The first-order valence-electron chi connectivity index (χ1n) is 13.4. The van der Waals surface area contributed by atoms with E-state index in [-0.39, 0.29) is 41.5 Å². The van der Waals surface area contributed by atoms with Crippen molar-refractivity contribution in [3.8, 4) is 28.5 Å². The van der Waals surface area contributed by atoms with E-state index in [9.17, 15) is 22.4 Å². The molecule has 2 aliphatic heterocycles. The summed E-state index contributed by atoms with van der Waals surface area (Å²) >= 11 is 0. The number of aromatic nitrogens is 1. The van der Waals surface area contributed by atoms with Crippen molar-refractivity contribution in [2.45, 2.75) is 37.0 Å². The van der Waals surface area contributed by atoms with Gasteiger partial charge in [-0.15, -0.1) is 0 Å². The summed E-state index contributed by atoms with van der Waals surface area (Å²) in [6.45, 7) is 0.312. The summed E-state index contributed by atoms with van der Waals surface area (Å²) in [5.74, 6) is -2.15. The molecule has 41 heavy (non-hydrogen) atoms. The van der Waals surface area contributed by atoms with Gasteiger partial charge in [0.2, 0.25) is 0 Å². The van der Waals surface area contributed by atoms with Gasteiger partial charge in [0, 0.05) is 40.8 Å². The van der Waals surface area contributed by atoms with Crippen molar-refractivity contribution >= 4 is 5.91 Å². The fraction of sp³-hybridized carbons (Fsp3) is 0.400. The molecule has 7 nitrogen and oxygen atoms in total. The van der Waals surface area contributed by atoms with Crippen LogP contribution in [0.15, 0.2) is 48.5 Å². The van der Waals surface area contributed by atoms with E-state index in [0.29, 0.717) is 41.5 Å². The molecule has 6 rings (SSSR count). The smallest absolute Gasteiger partial charge is 0.399 e. The van der Waals surface area contributed by atoms with Crippen LogP contribution in [0.3, 0.4) is 0 Å². The lowest BCUT2D eigenvalue weighted by molar-refractivity contribution is -0.151. The monoisotopic (exact) mass is 572 g/mol. The Morgan fingerprint density at radius 3 is 2.46 bits per heavy atom. The predicted octanol–water partition coefficient (Wildman–Crippen LogP) is 5.64. The maximum atomic E-state index is 14.0. The quantitative estimate of drug-likeness (QED) is 0.335. The minimum absolute atomic E-state index is 0.0191. The molecule has 1 N–H and O–H groups in total. The van der Waals surface area contributed by atoms with Gasteiger partial charge < -0.3 is 24.3 Å². The zero-order valence-electron chi connectivity index (χ0n) is 22.2. The van der Waals surface area contributed by atoms with Crippen LogP contribution in [-0.4, -0.2) is 56.6 Å². The predicted molar refractivity (Wildman–Crippen MR) is 140 cm³/mol. The third-order valence-electron chi connectivity index (χ3n) is 7.64. The topological polar surface area (TPSA) is 78.9 Å². The van der Waals surface area contributed by atoms with Crippen molar-refractivity contribution < 1.29 is 41.3 Å². The van der Waals surface area contributed by atoms with Gasteiger partial charge in [0.1, 0.15) is 29.8 Å². The molecule has 0 spiro atoms. The Bertz CT molecular complexity index is 1440. The number of hydrogen-bond acceptors (Lipinski definition) is 6. The number of hydrogen-bond donors (Lipinski definition) is 1. The molecule has 1 aromatic heterocycles. The molecule has 1 saturated carbocycles. The molecular formula is C30H28F4N2O5. The van der Waals surface area contributed by atoms with Gasteiger partial charge in [0.15, 0.2) is 11.5 Å². The molecule has 3 aromatic rings. The third-order valence-corrected chi connectivity index (χ3v) is 7.64. The lowest BCUT2D eigenvalue weighted by Crippen LogP contribution is -2.40. The SMILES string of the molecule is COc1cc(C(=O)NC[C@H](c2cc3c(c(-c4ccc(F)cc4)n2)OC[C@H]3C(F)(F)F)C2COC2)ccc1OC1CC1. The average Bonchev–Trinajstić information content (AvgIpc) is 3.63. The molecule has 11 heteroatoms. The highest BCUT2D eigenvalue weighted by Gasteiger charge is 2.47. The number of amides is 1. The number of benzene rings is 2. The molecule has 2 atom stereocenters. The first kappa shape index (κ1) is 27.3. The van der Waals surface area contributed by atoms with Crippen molar-refractivity contribution in [2.75, 3.05) is 33.5 Å².